The molecule has 1 heterocycles. The van der Waals surface area contributed by atoms with E-state index < -0.39 is 0 Å². The summed E-state index contributed by atoms with van der Waals surface area (Å²) >= 11 is 0. The summed E-state index contributed by atoms with van der Waals surface area (Å²) in [6.07, 6.45) is 19.9. The number of halogens is 1. The van der Waals surface area contributed by atoms with Crippen molar-refractivity contribution in [1.82, 2.24) is 9.88 Å². The molecule has 0 bridgehead atoms. The highest BCUT2D eigenvalue weighted by Gasteiger charge is 2.21. The van der Waals surface area contributed by atoms with Gasteiger partial charge in [-0.3, -0.25) is 0 Å². The number of nitrogens with zero attached hydrogens (tertiary/aromatic N) is 1. The second-order valence-corrected chi connectivity index (χ2v) is 9.46. The molecule has 1 aromatic heterocycles. The lowest BCUT2D eigenvalue weighted by Crippen LogP contribution is -2.19. The number of nitrogens with two attached hydrogens (primary N) is 1. The highest BCUT2D eigenvalue weighted by Crippen LogP contribution is 2.37. The number of aryl methyl sites for hydroxylation is 1. The average molecular weight is 432 g/mol. The summed E-state index contributed by atoms with van der Waals surface area (Å²) in [6.45, 7) is 2.93. The second-order valence-electron chi connectivity index (χ2n) is 9.46. The summed E-state index contributed by atoms with van der Waals surface area (Å²) in [5.74, 6) is 0.789. The molecule has 2 aliphatic carbocycles. The number of hydrogen-bond donors (Lipinski definition) is 2. The summed E-state index contributed by atoms with van der Waals surface area (Å²) in [5.41, 5.74) is 10.3. The molecule has 0 amide bonds. The van der Waals surface area contributed by atoms with E-state index in [9.17, 15) is 0 Å². The van der Waals surface area contributed by atoms with Crippen molar-refractivity contribution in [3.05, 3.63) is 35.5 Å². The van der Waals surface area contributed by atoms with Crippen LogP contribution in [0.25, 0.3) is 10.9 Å². The quantitative estimate of drug-likeness (QED) is 0.445. The number of fused-ring (bicyclic) bond motifs is 1. The maximum atomic E-state index is 5.60. The topological polar surface area (TPSA) is 43.0 Å². The van der Waals surface area contributed by atoms with Gasteiger partial charge in [0, 0.05) is 23.1 Å². The maximum absolute atomic E-state index is 5.60. The minimum Gasteiger partial charge on any atom is -0.344 e. The molecule has 0 atom stereocenters. The van der Waals surface area contributed by atoms with E-state index in [1.54, 1.807) is 16.5 Å². The van der Waals surface area contributed by atoms with Gasteiger partial charge in [-0.25, -0.2) is 0 Å². The first-order chi connectivity index (χ1) is 14.4. The highest BCUT2D eigenvalue weighted by molar-refractivity contribution is 5.85. The highest BCUT2D eigenvalue weighted by atomic mass is 35.5. The molecule has 0 radical (unpaired) electrons. The number of aromatic nitrogens is 1. The SMILES string of the molecule is Cl.NCCCNCCCc1cn(C2CCCCC2)c2ccc(C3CCCCC3)cc12. The van der Waals surface area contributed by atoms with Gasteiger partial charge in [0.1, 0.15) is 0 Å². The predicted molar refractivity (Wildman–Crippen MR) is 132 cm³/mol. The van der Waals surface area contributed by atoms with E-state index in [0.717, 1.165) is 32.0 Å². The van der Waals surface area contributed by atoms with Crippen LogP contribution in [0.1, 0.15) is 100 Å². The first kappa shape index (κ1) is 23.6. The summed E-state index contributed by atoms with van der Waals surface area (Å²) in [6, 6.07) is 8.19. The van der Waals surface area contributed by atoms with E-state index in [4.69, 9.17) is 5.73 Å². The van der Waals surface area contributed by atoms with Crippen molar-refractivity contribution in [2.24, 2.45) is 5.73 Å². The zero-order valence-electron chi connectivity index (χ0n) is 18.7. The monoisotopic (exact) mass is 431 g/mol. The molecule has 4 heteroatoms. The third kappa shape index (κ3) is 5.81. The van der Waals surface area contributed by atoms with Crippen LogP contribution in [0.2, 0.25) is 0 Å². The fraction of sp³-hybridized carbons (Fsp3) is 0.692. The van der Waals surface area contributed by atoms with Crippen LogP contribution < -0.4 is 11.1 Å². The molecule has 1 aromatic carbocycles. The lowest BCUT2D eigenvalue weighted by molar-refractivity contribution is 0.360. The Bertz CT molecular complexity index is 757. The molecule has 2 aliphatic rings. The zero-order chi connectivity index (χ0) is 19.9. The number of nitrogens with one attached hydrogen (secondary N) is 1. The molecule has 0 spiro atoms. The average Bonchev–Trinajstić information content (AvgIpc) is 3.15. The summed E-state index contributed by atoms with van der Waals surface area (Å²) in [7, 11) is 0. The minimum atomic E-state index is 0. The predicted octanol–water partition coefficient (Wildman–Crippen LogP) is 6.49. The van der Waals surface area contributed by atoms with Crippen LogP contribution >= 0.6 is 12.4 Å². The van der Waals surface area contributed by atoms with Crippen molar-refractivity contribution in [1.29, 1.82) is 0 Å². The van der Waals surface area contributed by atoms with Crippen LogP contribution in [-0.2, 0) is 6.42 Å². The molecular formula is C26H42ClN3. The van der Waals surface area contributed by atoms with Crippen LogP contribution in [0, 0.1) is 0 Å². The summed E-state index contributed by atoms with van der Waals surface area (Å²) < 4.78 is 2.65. The molecule has 0 unspecified atom stereocenters. The van der Waals surface area contributed by atoms with Gasteiger partial charge >= 0.3 is 0 Å². The Labute approximate surface area is 189 Å². The largest absolute Gasteiger partial charge is 0.344 e. The van der Waals surface area contributed by atoms with Gasteiger partial charge in [-0.1, -0.05) is 44.6 Å². The van der Waals surface area contributed by atoms with E-state index >= 15 is 0 Å². The molecule has 2 fully saturated rings. The Morgan fingerprint density at radius 3 is 2.33 bits per heavy atom. The van der Waals surface area contributed by atoms with E-state index in [1.807, 2.05) is 0 Å². The maximum Gasteiger partial charge on any atom is 0.0485 e. The van der Waals surface area contributed by atoms with Crippen LogP contribution in [0.3, 0.4) is 0 Å². The van der Waals surface area contributed by atoms with Gasteiger partial charge in [-0.05, 0) is 93.8 Å². The Morgan fingerprint density at radius 2 is 1.60 bits per heavy atom. The standard InChI is InChI=1S/C26H41N3.ClH/c27-16-8-18-28-17-7-11-23-20-29(24-12-5-2-6-13-24)26-15-14-22(19-25(23)26)21-9-3-1-4-10-21;/h14-15,19-21,24,28H,1-13,16-18,27H2;1H. The fourth-order valence-electron chi connectivity index (χ4n) is 5.65. The zero-order valence-corrected chi connectivity index (χ0v) is 19.5. The third-order valence-corrected chi connectivity index (χ3v) is 7.34. The van der Waals surface area contributed by atoms with Gasteiger partial charge in [0.15, 0.2) is 0 Å². The van der Waals surface area contributed by atoms with Crippen molar-refractivity contribution in [2.45, 2.75) is 95.4 Å². The van der Waals surface area contributed by atoms with E-state index in [-0.39, 0.29) is 12.4 Å². The van der Waals surface area contributed by atoms with Crippen LogP contribution in [0.5, 0.6) is 0 Å². The van der Waals surface area contributed by atoms with Gasteiger partial charge < -0.3 is 15.6 Å². The molecular weight excluding hydrogens is 390 g/mol. The van der Waals surface area contributed by atoms with Crippen LogP contribution in [0.15, 0.2) is 24.4 Å². The minimum absolute atomic E-state index is 0. The Morgan fingerprint density at radius 1 is 0.900 bits per heavy atom. The molecule has 0 aliphatic heterocycles. The van der Waals surface area contributed by atoms with Gasteiger partial charge in [0.25, 0.3) is 0 Å². The van der Waals surface area contributed by atoms with Gasteiger partial charge in [-0.15, -0.1) is 12.4 Å². The first-order valence-electron chi connectivity index (χ1n) is 12.4. The van der Waals surface area contributed by atoms with E-state index in [1.165, 1.54) is 82.6 Å². The lowest BCUT2D eigenvalue weighted by Gasteiger charge is -2.25. The molecule has 168 valence electrons. The summed E-state index contributed by atoms with van der Waals surface area (Å²) in [4.78, 5) is 0. The normalized spacial score (nSPS) is 18.6. The van der Waals surface area contributed by atoms with Crippen molar-refractivity contribution in [3.63, 3.8) is 0 Å². The van der Waals surface area contributed by atoms with Crippen LogP contribution in [0.4, 0.5) is 0 Å². The van der Waals surface area contributed by atoms with Crippen molar-refractivity contribution in [2.75, 3.05) is 19.6 Å². The van der Waals surface area contributed by atoms with E-state index in [2.05, 4.69) is 34.3 Å². The second kappa shape index (κ2) is 12.1. The van der Waals surface area contributed by atoms with Gasteiger partial charge in [0.2, 0.25) is 0 Å². The Kier molecular flexibility index (Phi) is 9.55. The van der Waals surface area contributed by atoms with Crippen molar-refractivity contribution < 1.29 is 0 Å². The smallest absolute Gasteiger partial charge is 0.0485 e. The van der Waals surface area contributed by atoms with Crippen molar-refractivity contribution >= 4 is 23.3 Å². The molecule has 2 saturated carbocycles. The number of hydrogen-bond acceptors (Lipinski definition) is 2. The fourth-order valence-corrected chi connectivity index (χ4v) is 5.65. The first-order valence-corrected chi connectivity index (χ1v) is 12.4. The number of benzene rings is 1. The summed E-state index contributed by atoms with van der Waals surface area (Å²) in [5, 5.41) is 5.09. The molecule has 3 nitrogen and oxygen atoms in total. The third-order valence-electron chi connectivity index (χ3n) is 7.34. The van der Waals surface area contributed by atoms with E-state index in [0.29, 0.717) is 6.04 Å². The van der Waals surface area contributed by atoms with Crippen LogP contribution in [-0.4, -0.2) is 24.2 Å². The van der Waals surface area contributed by atoms with Crippen molar-refractivity contribution in [3.8, 4) is 0 Å². The number of rotatable bonds is 9. The van der Waals surface area contributed by atoms with Gasteiger partial charge in [0.05, 0.1) is 0 Å². The molecule has 3 N–H and O–H groups in total. The molecule has 2 aromatic rings. The van der Waals surface area contributed by atoms with Gasteiger partial charge in [-0.2, -0.15) is 0 Å². The molecule has 0 saturated heterocycles. The Hall–Kier alpha value is -1.03. The lowest BCUT2D eigenvalue weighted by atomic mass is 9.83. The Balaban J connectivity index is 0.00000256. The molecule has 4 rings (SSSR count). The molecule has 30 heavy (non-hydrogen) atoms.